The van der Waals surface area contributed by atoms with Gasteiger partial charge in [-0.05, 0) is 24.5 Å². The van der Waals surface area contributed by atoms with Crippen molar-refractivity contribution in [1.29, 1.82) is 0 Å². The molecule has 29 heavy (non-hydrogen) atoms. The minimum absolute atomic E-state index is 0. The van der Waals surface area contributed by atoms with Gasteiger partial charge in [0, 0.05) is 26.1 Å². The molecule has 0 bridgehead atoms. The maximum absolute atomic E-state index is 4.32. The van der Waals surface area contributed by atoms with Gasteiger partial charge in [-0.25, -0.2) is 0 Å². The molecule has 0 radical (unpaired) electrons. The molecular formula is C22H29IN6. The Balaban J connectivity index is 0.00000300. The molecule has 0 fully saturated rings. The van der Waals surface area contributed by atoms with Crippen LogP contribution in [0.2, 0.25) is 0 Å². The maximum Gasteiger partial charge on any atom is 0.191 e. The van der Waals surface area contributed by atoms with Crippen LogP contribution in [-0.2, 0) is 13.1 Å². The fourth-order valence-corrected chi connectivity index (χ4v) is 3.29. The summed E-state index contributed by atoms with van der Waals surface area (Å²) in [5, 5.41) is 14.8. The Bertz CT molecular complexity index is 824. The summed E-state index contributed by atoms with van der Waals surface area (Å²) in [5.74, 6) is 2.01. The number of halogens is 1. The molecule has 2 N–H and O–H groups in total. The molecular weight excluding hydrogens is 475 g/mol. The van der Waals surface area contributed by atoms with Crippen LogP contribution in [0.5, 0.6) is 0 Å². The first-order valence-corrected chi connectivity index (χ1v) is 9.73. The van der Waals surface area contributed by atoms with Gasteiger partial charge in [0.2, 0.25) is 0 Å². The fraction of sp³-hybridized carbons (Fsp3) is 0.318. The van der Waals surface area contributed by atoms with Crippen LogP contribution in [0.1, 0.15) is 36.2 Å². The zero-order valence-electron chi connectivity index (χ0n) is 17.0. The molecule has 0 saturated carbocycles. The van der Waals surface area contributed by atoms with Crippen LogP contribution in [-0.4, -0.2) is 34.3 Å². The fourth-order valence-electron chi connectivity index (χ4n) is 3.29. The average Bonchev–Trinajstić information content (AvgIpc) is 3.22. The van der Waals surface area contributed by atoms with Crippen LogP contribution in [0.25, 0.3) is 0 Å². The van der Waals surface area contributed by atoms with E-state index < -0.39 is 0 Å². The number of benzene rings is 2. The Labute approximate surface area is 189 Å². The maximum atomic E-state index is 4.32. The lowest BCUT2D eigenvalue weighted by molar-refractivity contribution is 0.654. The third-order valence-electron chi connectivity index (χ3n) is 4.80. The van der Waals surface area contributed by atoms with Gasteiger partial charge in [-0.2, -0.15) is 0 Å². The van der Waals surface area contributed by atoms with Crippen molar-refractivity contribution in [2.45, 2.75) is 32.4 Å². The van der Waals surface area contributed by atoms with Gasteiger partial charge in [0.25, 0.3) is 0 Å². The Kier molecular flexibility index (Phi) is 9.63. The van der Waals surface area contributed by atoms with E-state index in [1.165, 1.54) is 11.1 Å². The molecule has 0 aliphatic rings. The first-order valence-electron chi connectivity index (χ1n) is 9.73. The number of nitrogens with one attached hydrogen (secondary N) is 2. The molecule has 0 aliphatic carbocycles. The predicted molar refractivity (Wildman–Crippen MR) is 129 cm³/mol. The van der Waals surface area contributed by atoms with E-state index in [1.54, 1.807) is 13.4 Å². The molecule has 0 atom stereocenters. The number of aryl methyl sites for hydroxylation is 1. The van der Waals surface area contributed by atoms with E-state index in [2.05, 4.69) is 93.4 Å². The summed E-state index contributed by atoms with van der Waals surface area (Å²) in [5.41, 5.74) is 2.66. The van der Waals surface area contributed by atoms with E-state index in [9.17, 15) is 0 Å². The first kappa shape index (κ1) is 22.9. The smallest absolute Gasteiger partial charge is 0.191 e. The van der Waals surface area contributed by atoms with Crippen LogP contribution in [0.15, 0.2) is 72.0 Å². The second kappa shape index (κ2) is 12.2. The molecule has 0 amide bonds. The predicted octanol–water partition coefficient (Wildman–Crippen LogP) is 3.80. The highest BCUT2D eigenvalue weighted by Gasteiger charge is 2.14. The quantitative estimate of drug-likeness (QED) is 0.278. The Hall–Kier alpha value is -2.42. The topological polar surface area (TPSA) is 67.1 Å². The van der Waals surface area contributed by atoms with Crippen molar-refractivity contribution in [2.24, 2.45) is 4.99 Å². The highest BCUT2D eigenvalue weighted by atomic mass is 127. The standard InChI is InChI=1S/C22H28N6.HI/c1-3-28-17-26-27-21(28)16-25-22(23-2)24-15-14-20(18-10-6-4-7-11-18)19-12-8-5-9-13-19;/h4-13,17,20H,3,14-16H2,1-2H3,(H2,23,24,25);1H. The molecule has 0 aliphatic heterocycles. The van der Waals surface area contributed by atoms with E-state index in [0.29, 0.717) is 12.5 Å². The second-order valence-electron chi connectivity index (χ2n) is 6.55. The van der Waals surface area contributed by atoms with E-state index in [4.69, 9.17) is 0 Å². The van der Waals surface area contributed by atoms with Crippen molar-refractivity contribution in [3.63, 3.8) is 0 Å². The summed E-state index contributed by atoms with van der Waals surface area (Å²) in [7, 11) is 1.78. The Morgan fingerprint density at radius 1 is 1.00 bits per heavy atom. The summed E-state index contributed by atoms with van der Waals surface area (Å²) >= 11 is 0. The van der Waals surface area contributed by atoms with Gasteiger partial charge in [0.15, 0.2) is 11.8 Å². The molecule has 3 aromatic rings. The summed E-state index contributed by atoms with van der Waals surface area (Å²) in [6.07, 6.45) is 2.72. The zero-order valence-corrected chi connectivity index (χ0v) is 19.3. The van der Waals surface area contributed by atoms with Gasteiger partial charge in [0.1, 0.15) is 6.33 Å². The van der Waals surface area contributed by atoms with Crippen LogP contribution >= 0.6 is 24.0 Å². The molecule has 1 heterocycles. The largest absolute Gasteiger partial charge is 0.356 e. The van der Waals surface area contributed by atoms with Crippen molar-refractivity contribution in [3.8, 4) is 0 Å². The molecule has 0 unspecified atom stereocenters. The van der Waals surface area contributed by atoms with Gasteiger partial charge in [-0.15, -0.1) is 34.2 Å². The number of nitrogens with zero attached hydrogens (tertiary/aromatic N) is 4. The van der Waals surface area contributed by atoms with Gasteiger partial charge >= 0.3 is 0 Å². The van der Waals surface area contributed by atoms with Crippen LogP contribution in [0, 0.1) is 0 Å². The lowest BCUT2D eigenvalue weighted by Crippen LogP contribution is -2.38. The number of aromatic nitrogens is 3. The highest BCUT2D eigenvalue weighted by molar-refractivity contribution is 14.0. The molecule has 154 valence electrons. The molecule has 0 spiro atoms. The summed E-state index contributed by atoms with van der Waals surface area (Å²) in [6, 6.07) is 21.3. The van der Waals surface area contributed by atoms with Gasteiger partial charge < -0.3 is 15.2 Å². The van der Waals surface area contributed by atoms with Gasteiger partial charge in [-0.3, -0.25) is 4.99 Å². The minimum Gasteiger partial charge on any atom is -0.356 e. The van der Waals surface area contributed by atoms with Crippen molar-refractivity contribution >= 4 is 29.9 Å². The number of rotatable bonds is 8. The Morgan fingerprint density at radius 3 is 2.17 bits per heavy atom. The van der Waals surface area contributed by atoms with Crippen LogP contribution < -0.4 is 10.6 Å². The number of aliphatic imine (C=N–C) groups is 1. The van der Waals surface area contributed by atoms with Crippen molar-refractivity contribution in [1.82, 2.24) is 25.4 Å². The summed E-state index contributed by atoms with van der Waals surface area (Å²) < 4.78 is 2.01. The molecule has 0 saturated heterocycles. The normalized spacial score (nSPS) is 11.2. The third-order valence-corrected chi connectivity index (χ3v) is 4.80. The summed E-state index contributed by atoms with van der Waals surface area (Å²) in [4.78, 5) is 4.32. The second-order valence-corrected chi connectivity index (χ2v) is 6.55. The average molecular weight is 504 g/mol. The van der Waals surface area contributed by atoms with Crippen molar-refractivity contribution < 1.29 is 0 Å². The van der Waals surface area contributed by atoms with Gasteiger partial charge in [0.05, 0.1) is 6.54 Å². The SMILES string of the molecule is CCn1cnnc1CNC(=NC)NCCC(c1ccccc1)c1ccccc1.I. The van der Waals surface area contributed by atoms with E-state index in [1.807, 2.05) is 4.57 Å². The Morgan fingerprint density at radius 2 is 1.62 bits per heavy atom. The third kappa shape index (κ3) is 6.56. The van der Waals surface area contributed by atoms with Crippen LogP contribution in [0.3, 0.4) is 0 Å². The number of hydrogen-bond acceptors (Lipinski definition) is 3. The van der Waals surface area contributed by atoms with Crippen LogP contribution in [0.4, 0.5) is 0 Å². The molecule has 7 heteroatoms. The van der Waals surface area contributed by atoms with Crippen molar-refractivity contribution in [3.05, 3.63) is 83.9 Å². The minimum atomic E-state index is 0. The molecule has 6 nitrogen and oxygen atoms in total. The van der Waals surface area contributed by atoms with E-state index in [-0.39, 0.29) is 24.0 Å². The van der Waals surface area contributed by atoms with E-state index >= 15 is 0 Å². The summed E-state index contributed by atoms with van der Waals surface area (Å²) in [6.45, 7) is 4.34. The first-order chi connectivity index (χ1) is 13.8. The zero-order chi connectivity index (χ0) is 19.6. The van der Waals surface area contributed by atoms with E-state index in [0.717, 1.165) is 31.3 Å². The lowest BCUT2D eigenvalue weighted by atomic mass is 9.88. The molecule has 1 aromatic heterocycles. The molecule has 3 rings (SSSR count). The number of hydrogen-bond donors (Lipinski definition) is 2. The van der Waals surface area contributed by atoms with Crippen molar-refractivity contribution in [2.75, 3.05) is 13.6 Å². The molecule has 2 aromatic carbocycles. The lowest BCUT2D eigenvalue weighted by Gasteiger charge is -2.19. The number of guanidine groups is 1. The van der Waals surface area contributed by atoms with Gasteiger partial charge in [-0.1, -0.05) is 60.7 Å². The monoisotopic (exact) mass is 504 g/mol. The highest BCUT2D eigenvalue weighted by Crippen LogP contribution is 2.27.